The van der Waals surface area contributed by atoms with Gasteiger partial charge in [-0.25, -0.2) is 9.59 Å². The zero-order valence-corrected chi connectivity index (χ0v) is 29.7. The summed E-state index contributed by atoms with van der Waals surface area (Å²) in [5.41, 5.74) is 4.46. The second-order valence-corrected chi connectivity index (χ2v) is 17.3. The number of carbonyl (C=O) groups is 1. The van der Waals surface area contributed by atoms with E-state index in [0.717, 1.165) is 90.5 Å². The van der Waals surface area contributed by atoms with Gasteiger partial charge in [0, 0.05) is 23.4 Å². The zero-order valence-electron chi connectivity index (χ0n) is 29.7. The molecule has 0 bridgehead atoms. The molecule has 1 aromatic heterocycles. The normalized spacial score (nSPS) is 33.7. The van der Waals surface area contributed by atoms with Gasteiger partial charge < -0.3 is 13.9 Å². The number of rotatable bonds is 9. The minimum absolute atomic E-state index is 0.0827. The van der Waals surface area contributed by atoms with Crippen molar-refractivity contribution in [1.82, 2.24) is 0 Å². The number of fused-ring (bicyclic) bond motifs is 8. The Morgan fingerprint density at radius 1 is 1.00 bits per heavy atom. The van der Waals surface area contributed by atoms with Crippen LogP contribution in [0.4, 0.5) is 0 Å². The minimum Gasteiger partial charge on any atom is -0.482 e. The molecule has 2 aromatic rings. The first-order valence-electron chi connectivity index (χ1n) is 19.1. The molecule has 0 aliphatic heterocycles. The van der Waals surface area contributed by atoms with Crippen LogP contribution in [0.5, 0.6) is 5.75 Å². The Morgan fingerprint density at radius 2 is 1.83 bits per heavy atom. The summed E-state index contributed by atoms with van der Waals surface area (Å²) in [6.45, 7) is 12.3. The van der Waals surface area contributed by atoms with Crippen LogP contribution >= 0.6 is 0 Å². The quantitative estimate of drug-likeness (QED) is 0.155. The Hall–Kier alpha value is -2.56. The van der Waals surface area contributed by atoms with Gasteiger partial charge in [0.15, 0.2) is 6.61 Å². The van der Waals surface area contributed by atoms with E-state index >= 15 is 0 Å². The lowest BCUT2D eigenvalue weighted by molar-refractivity contribution is -0.154. The fourth-order valence-electron chi connectivity index (χ4n) is 11.3. The lowest BCUT2D eigenvalue weighted by Gasteiger charge is -2.61. The highest BCUT2D eigenvalue weighted by molar-refractivity contribution is 5.83. The molecule has 256 valence electrons. The van der Waals surface area contributed by atoms with Gasteiger partial charge in [-0.2, -0.15) is 0 Å². The van der Waals surface area contributed by atoms with Crippen LogP contribution < -0.4 is 10.4 Å². The number of benzene rings is 1. The maximum absolute atomic E-state index is 12.9. The highest BCUT2D eigenvalue weighted by atomic mass is 16.6. The molecule has 0 amide bonds. The molecule has 3 fully saturated rings. The molecule has 1 heterocycles. The van der Waals surface area contributed by atoms with Crippen molar-refractivity contribution in [2.45, 2.75) is 137 Å². The van der Waals surface area contributed by atoms with Gasteiger partial charge in [0.2, 0.25) is 0 Å². The second kappa shape index (κ2) is 13.0. The van der Waals surface area contributed by atoms with E-state index in [9.17, 15) is 9.59 Å². The van der Waals surface area contributed by atoms with E-state index in [0.29, 0.717) is 16.7 Å². The molecule has 0 spiro atoms. The Balaban J connectivity index is 0.940. The molecule has 0 N–H and O–H groups in total. The molecule has 5 nitrogen and oxygen atoms in total. The summed E-state index contributed by atoms with van der Waals surface area (Å²) < 4.78 is 17.4. The summed E-state index contributed by atoms with van der Waals surface area (Å²) in [4.78, 5) is 25.3. The molecule has 8 atom stereocenters. The lowest BCUT2D eigenvalue weighted by atomic mass is 9.44. The summed E-state index contributed by atoms with van der Waals surface area (Å²) in [6.07, 6.45) is 20.4. The first-order valence-corrected chi connectivity index (χ1v) is 19.1. The SMILES string of the molecule is CC(C)CCC[C@H](C)[C@@H]1CC[C@H]2[C@H]3CC=C4C[C@H](OC(=O)COc5ccc6c7c(c(=O)oc6c5)CCC7)CC[C@]4(C)[C@@H]3CC[C@]2(C)C1. The smallest absolute Gasteiger partial charge is 0.344 e. The predicted octanol–water partition coefficient (Wildman–Crippen LogP) is 10.0. The fraction of sp³-hybridized carbons (Fsp3) is 0.714. The lowest BCUT2D eigenvalue weighted by Crippen LogP contribution is -2.52. The van der Waals surface area contributed by atoms with E-state index in [4.69, 9.17) is 13.9 Å². The maximum Gasteiger partial charge on any atom is 0.344 e. The van der Waals surface area contributed by atoms with Crippen LogP contribution in [-0.4, -0.2) is 18.7 Å². The van der Waals surface area contributed by atoms with Gasteiger partial charge in [0.05, 0.1) is 0 Å². The van der Waals surface area contributed by atoms with Crippen LogP contribution in [0.2, 0.25) is 0 Å². The average molecular weight is 643 g/mol. The molecule has 0 saturated heterocycles. The van der Waals surface area contributed by atoms with Crippen LogP contribution in [0.1, 0.15) is 129 Å². The largest absolute Gasteiger partial charge is 0.482 e. The van der Waals surface area contributed by atoms with E-state index in [-0.39, 0.29) is 29.7 Å². The summed E-state index contributed by atoms with van der Waals surface area (Å²) >= 11 is 0. The van der Waals surface area contributed by atoms with Gasteiger partial charge in [-0.15, -0.1) is 0 Å². The van der Waals surface area contributed by atoms with Crippen molar-refractivity contribution in [3.8, 4) is 5.75 Å². The zero-order chi connectivity index (χ0) is 32.9. The minimum atomic E-state index is -0.327. The first kappa shape index (κ1) is 33.0. The number of carbonyl (C=O) groups excluding carboxylic acids is 1. The number of aryl methyl sites for hydroxylation is 1. The van der Waals surface area contributed by atoms with E-state index in [1.54, 1.807) is 6.07 Å². The molecular weight excluding hydrogens is 584 g/mol. The molecule has 5 aliphatic rings. The Labute approximate surface area is 282 Å². The first-order chi connectivity index (χ1) is 22.5. The third-order valence-electron chi connectivity index (χ3n) is 14.0. The molecule has 7 rings (SSSR count). The average Bonchev–Trinajstić information content (AvgIpc) is 3.54. The highest BCUT2D eigenvalue weighted by Gasteiger charge is 2.56. The summed E-state index contributed by atoms with van der Waals surface area (Å²) in [7, 11) is 0. The number of esters is 1. The van der Waals surface area contributed by atoms with Gasteiger partial charge in [-0.1, -0.05) is 65.5 Å². The topological polar surface area (TPSA) is 65.7 Å². The van der Waals surface area contributed by atoms with E-state index in [2.05, 4.69) is 40.7 Å². The van der Waals surface area contributed by atoms with Crippen LogP contribution in [0.15, 0.2) is 39.1 Å². The van der Waals surface area contributed by atoms with Gasteiger partial charge in [-0.05, 0) is 135 Å². The third-order valence-corrected chi connectivity index (χ3v) is 14.0. The van der Waals surface area contributed by atoms with Crippen LogP contribution in [0.3, 0.4) is 0 Å². The number of hydrogen-bond acceptors (Lipinski definition) is 5. The Morgan fingerprint density at radius 3 is 2.66 bits per heavy atom. The van der Waals surface area contributed by atoms with E-state index < -0.39 is 0 Å². The van der Waals surface area contributed by atoms with Gasteiger partial charge >= 0.3 is 11.6 Å². The van der Waals surface area contributed by atoms with E-state index in [1.807, 2.05) is 12.1 Å². The fourth-order valence-corrected chi connectivity index (χ4v) is 11.3. The van der Waals surface area contributed by atoms with Crippen LogP contribution in [0, 0.1) is 46.3 Å². The number of allylic oxidation sites excluding steroid dienone is 1. The summed E-state index contributed by atoms with van der Waals surface area (Å²) in [5, 5.41) is 0.970. The molecule has 0 radical (unpaired) electrons. The van der Waals surface area contributed by atoms with Crippen molar-refractivity contribution in [1.29, 1.82) is 0 Å². The predicted molar refractivity (Wildman–Crippen MR) is 188 cm³/mol. The van der Waals surface area contributed by atoms with Crippen molar-refractivity contribution in [3.05, 3.63) is 51.4 Å². The number of ether oxygens (including phenoxy) is 2. The Kier molecular flexibility index (Phi) is 9.15. The molecular formula is C42H58O5. The van der Waals surface area contributed by atoms with Gasteiger partial charge in [0.1, 0.15) is 17.4 Å². The van der Waals surface area contributed by atoms with Crippen molar-refractivity contribution in [3.63, 3.8) is 0 Å². The van der Waals surface area contributed by atoms with Crippen molar-refractivity contribution in [2.75, 3.05) is 6.61 Å². The van der Waals surface area contributed by atoms with Gasteiger partial charge in [-0.3, -0.25) is 0 Å². The highest BCUT2D eigenvalue weighted by Crippen LogP contribution is 2.65. The Bertz CT molecular complexity index is 1570. The monoisotopic (exact) mass is 642 g/mol. The number of hydrogen-bond donors (Lipinski definition) is 0. The second-order valence-electron chi connectivity index (χ2n) is 17.3. The summed E-state index contributed by atoms with van der Waals surface area (Å²) in [6, 6.07) is 5.54. The van der Waals surface area contributed by atoms with Crippen molar-refractivity contribution in [2.24, 2.45) is 46.3 Å². The van der Waals surface area contributed by atoms with Crippen molar-refractivity contribution < 1.29 is 18.7 Å². The van der Waals surface area contributed by atoms with Crippen LogP contribution in [-0.2, 0) is 22.4 Å². The van der Waals surface area contributed by atoms with Crippen molar-refractivity contribution >= 4 is 16.9 Å². The maximum atomic E-state index is 12.9. The third kappa shape index (κ3) is 6.34. The molecule has 0 unspecified atom stereocenters. The van der Waals surface area contributed by atoms with Gasteiger partial charge in [0.25, 0.3) is 0 Å². The van der Waals surface area contributed by atoms with Crippen LogP contribution in [0.25, 0.3) is 11.0 Å². The molecule has 47 heavy (non-hydrogen) atoms. The summed E-state index contributed by atoms with van der Waals surface area (Å²) in [5.74, 6) is 5.20. The molecule has 3 saturated carbocycles. The molecule has 1 aromatic carbocycles. The standard InChI is InChI=1S/C42H58O5/c1-26(2)8-6-9-27(3)28-12-17-36-35-15-13-29-22-31(18-21-42(29,5)37(35)19-20-41(36,4)24-28)46-39(43)25-45-30-14-16-33-32-10-7-11-34(32)40(44)47-38(33)23-30/h13-14,16,23,26-28,31,35-37H,6-12,15,17-22,24-25H2,1-5H3/t27-,28+,31+,35+,36-,37+,41+,42-/m0/s1. The molecule has 5 heteroatoms. The van der Waals surface area contributed by atoms with E-state index in [1.165, 1.54) is 63.4 Å². The molecule has 5 aliphatic carbocycles.